The normalized spacial score (nSPS) is 11.1. The van der Waals surface area contributed by atoms with Crippen molar-refractivity contribution in [1.29, 1.82) is 0 Å². The fraction of sp³-hybridized carbons (Fsp3) is 0.250. The number of nitrogens with zero attached hydrogens (tertiary/aromatic N) is 3. The van der Waals surface area contributed by atoms with E-state index in [9.17, 15) is 4.79 Å². The molecule has 4 aromatic rings. The Bertz CT molecular complexity index is 1170. The fourth-order valence-corrected chi connectivity index (χ4v) is 4.75. The molecule has 8 heteroatoms. The Balaban J connectivity index is 1.55. The Kier molecular flexibility index (Phi) is 4.91. The van der Waals surface area contributed by atoms with Crippen molar-refractivity contribution in [1.82, 2.24) is 14.5 Å². The van der Waals surface area contributed by atoms with Gasteiger partial charge in [0.1, 0.15) is 17.8 Å². The van der Waals surface area contributed by atoms with Crippen LogP contribution in [0.5, 0.6) is 5.75 Å². The van der Waals surface area contributed by atoms with Gasteiger partial charge in [0.15, 0.2) is 5.13 Å². The number of aromatic nitrogens is 3. The maximum absolute atomic E-state index is 12.7. The highest BCUT2D eigenvalue weighted by molar-refractivity contribution is 7.22. The third-order valence-corrected chi connectivity index (χ3v) is 6.33. The number of methoxy groups -OCH3 is 1. The van der Waals surface area contributed by atoms with E-state index in [1.165, 1.54) is 11.3 Å². The largest absolute Gasteiger partial charge is 0.494 e. The SMILES string of the molecule is COc1cccc2sc(NC(=O)Cn3c(C)cc(-c4csc(C)n4)c3C)nc12. The van der Waals surface area contributed by atoms with Crippen molar-refractivity contribution in [2.45, 2.75) is 27.3 Å². The van der Waals surface area contributed by atoms with Crippen molar-refractivity contribution in [3.8, 4) is 17.0 Å². The number of nitrogens with one attached hydrogen (secondary N) is 1. The van der Waals surface area contributed by atoms with E-state index in [0.717, 1.165) is 37.9 Å². The third-order valence-electron chi connectivity index (χ3n) is 4.62. The first kappa shape index (κ1) is 18.6. The summed E-state index contributed by atoms with van der Waals surface area (Å²) in [6.07, 6.45) is 0. The molecule has 0 aliphatic carbocycles. The standard InChI is InChI=1S/C20H20N4O2S2/c1-11-8-14(15-10-27-13(3)21-15)12(2)24(11)9-18(25)22-20-23-19-16(26-4)6-5-7-17(19)28-20/h5-8,10H,9H2,1-4H3,(H,22,23,25). The van der Waals surface area contributed by atoms with Crippen LogP contribution < -0.4 is 10.1 Å². The Morgan fingerprint density at radius 1 is 1.25 bits per heavy atom. The number of amides is 1. The molecule has 0 atom stereocenters. The molecular weight excluding hydrogens is 392 g/mol. The summed E-state index contributed by atoms with van der Waals surface area (Å²) in [5.41, 5.74) is 4.85. The van der Waals surface area contributed by atoms with Gasteiger partial charge in [0.05, 0.1) is 22.5 Å². The minimum atomic E-state index is -0.110. The van der Waals surface area contributed by atoms with E-state index >= 15 is 0 Å². The fourth-order valence-electron chi connectivity index (χ4n) is 3.23. The molecule has 0 saturated heterocycles. The molecule has 0 saturated carbocycles. The Morgan fingerprint density at radius 2 is 2.07 bits per heavy atom. The highest BCUT2D eigenvalue weighted by atomic mass is 32.1. The van der Waals surface area contributed by atoms with Crippen LogP contribution in [0.1, 0.15) is 16.4 Å². The van der Waals surface area contributed by atoms with Crippen LogP contribution in [0.25, 0.3) is 21.5 Å². The summed E-state index contributed by atoms with van der Waals surface area (Å²) in [7, 11) is 1.62. The lowest BCUT2D eigenvalue weighted by atomic mass is 10.2. The molecule has 3 aromatic heterocycles. The zero-order valence-corrected chi connectivity index (χ0v) is 17.7. The van der Waals surface area contributed by atoms with Crippen molar-refractivity contribution >= 4 is 43.9 Å². The number of aryl methyl sites for hydroxylation is 2. The monoisotopic (exact) mass is 412 g/mol. The van der Waals surface area contributed by atoms with Crippen LogP contribution in [0.3, 0.4) is 0 Å². The minimum Gasteiger partial charge on any atom is -0.494 e. The first-order valence-corrected chi connectivity index (χ1v) is 10.5. The van der Waals surface area contributed by atoms with Crippen molar-refractivity contribution in [3.63, 3.8) is 0 Å². The summed E-state index contributed by atoms with van der Waals surface area (Å²) in [5, 5.41) is 6.57. The van der Waals surface area contributed by atoms with E-state index in [4.69, 9.17) is 4.74 Å². The Hall–Kier alpha value is -2.71. The summed E-state index contributed by atoms with van der Waals surface area (Å²) in [5.74, 6) is 0.593. The molecule has 0 aliphatic rings. The number of thiazole rings is 2. The average molecular weight is 413 g/mol. The molecule has 0 fully saturated rings. The second kappa shape index (κ2) is 7.37. The zero-order valence-electron chi connectivity index (χ0n) is 16.1. The van der Waals surface area contributed by atoms with E-state index in [2.05, 4.69) is 26.7 Å². The van der Waals surface area contributed by atoms with Gasteiger partial charge in [-0.2, -0.15) is 0 Å². The molecule has 144 valence electrons. The molecule has 1 amide bonds. The minimum absolute atomic E-state index is 0.110. The lowest BCUT2D eigenvalue weighted by molar-refractivity contribution is -0.116. The summed E-state index contributed by atoms with van der Waals surface area (Å²) in [6, 6.07) is 7.83. The molecule has 1 N–H and O–H groups in total. The smallest absolute Gasteiger partial charge is 0.246 e. The Morgan fingerprint density at radius 3 is 2.79 bits per heavy atom. The maximum atomic E-state index is 12.7. The number of hydrogen-bond acceptors (Lipinski definition) is 6. The van der Waals surface area contributed by atoms with E-state index < -0.39 is 0 Å². The molecule has 0 bridgehead atoms. The number of benzene rings is 1. The quantitative estimate of drug-likeness (QED) is 0.511. The van der Waals surface area contributed by atoms with Crippen LogP contribution in [0.2, 0.25) is 0 Å². The van der Waals surface area contributed by atoms with Crippen molar-refractivity contribution in [2.24, 2.45) is 0 Å². The second-order valence-corrected chi connectivity index (χ2v) is 8.59. The van der Waals surface area contributed by atoms with Gasteiger partial charge >= 0.3 is 0 Å². The third kappa shape index (κ3) is 3.41. The molecule has 0 radical (unpaired) electrons. The highest BCUT2D eigenvalue weighted by Crippen LogP contribution is 2.32. The molecule has 6 nitrogen and oxygen atoms in total. The van der Waals surface area contributed by atoms with Gasteiger partial charge in [-0.05, 0) is 39.0 Å². The molecule has 4 rings (SSSR count). The van der Waals surface area contributed by atoms with Crippen LogP contribution in [0.4, 0.5) is 5.13 Å². The molecular formula is C20H20N4O2S2. The molecule has 0 aliphatic heterocycles. The number of carbonyl (C=O) groups excluding carboxylic acids is 1. The number of carbonyl (C=O) groups is 1. The summed E-state index contributed by atoms with van der Waals surface area (Å²) in [4.78, 5) is 21.7. The molecule has 28 heavy (non-hydrogen) atoms. The van der Waals surface area contributed by atoms with Crippen LogP contribution >= 0.6 is 22.7 Å². The first-order valence-electron chi connectivity index (χ1n) is 8.79. The lowest BCUT2D eigenvalue weighted by Gasteiger charge is -2.09. The van der Waals surface area contributed by atoms with Gasteiger partial charge in [-0.15, -0.1) is 11.3 Å². The predicted octanol–water partition coefficient (Wildman–Crippen LogP) is 4.79. The average Bonchev–Trinajstić information content (AvgIpc) is 3.34. The van der Waals surface area contributed by atoms with Crippen molar-refractivity contribution < 1.29 is 9.53 Å². The van der Waals surface area contributed by atoms with Crippen LogP contribution in [0, 0.1) is 20.8 Å². The van der Waals surface area contributed by atoms with Crippen molar-refractivity contribution in [3.05, 3.63) is 46.0 Å². The lowest BCUT2D eigenvalue weighted by Crippen LogP contribution is -2.20. The number of hydrogen-bond donors (Lipinski definition) is 1. The van der Waals surface area contributed by atoms with Gasteiger partial charge in [0.25, 0.3) is 0 Å². The van der Waals surface area contributed by atoms with E-state index in [-0.39, 0.29) is 12.5 Å². The van der Waals surface area contributed by atoms with Crippen LogP contribution in [0.15, 0.2) is 29.6 Å². The summed E-state index contributed by atoms with van der Waals surface area (Å²) < 4.78 is 8.32. The highest BCUT2D eigenvalue weighted by Gasteiger charge is 2.16. The Labute approximate surface area is 170 Å². The van der Waals surface area contributed by atoms with Gasteiger partial charge in [-0.25, -0.2) is 9.97 Å². The summed E-state index contributed by atoms with van der Waals surface area (Å²) in [6.45, 7) is 6.25. The number of ether oxygens (including phenoxy) is 1. The topological polar surface area (TPSA) is 69.0 Å². The predicted molar refractivity (Wildman–Crippen MR) is 115 cm³/mol. The maximum Gasteiger partial charge on any atom is 0.246 e. The van der Waals surface area contributed by atoms with Gasteiger partial charge in [0, 0.05) is 22.3 Å². The number of rotatable bonds is 5. The molecule has 3 heterocycles. The first-order chi connectivity index (χ1) is 13.5. The number of para-hydroxylation sites is 1. The van der Waals surface area contributed by atoms with Gasteiger partial charge < -0.3 is 14.6 Å². The van der Waals surface area contributed by atoms with E-state index in [1.54, 1.807) is 18.4 Å². The van der Waals surface area contributed by atoms with Gasteiger partial charge in [-0.1, -0.05) is 17.4 Å². The van der Waals surface area contributed by atoms with Gasteiger partial charge in [0.2, 0.25) is 5.91 Å². The number of anilines is 1. The van der Waals surface area contributed by atoms with E-state index in [1.807, 2.05) is 43.5 Å². The number of fused-ring (bicyclic) bond motifs is 1. The van der Waals surface area contributed by atoms with E-state index in [0.29, 0.717) is 10.9 Å². The molecule has 1 aromatic carbocycles. The van der Waals surface area contributed by atoms with Gasteiger partial charge in [-0.3, -0.25) is 4.79 Å². The van der Waals surface area contributed by atoms with Crippen LogP contribution in [-0.4, -0.2) is 27.6 Å². The van der Waals surface area contributed by atoms with Crippen LogP contribution in [-0.2, 0) is 11.3 Å². The molecule has 0 unspecified atom stereocenters. The van der Waals surface area contributed by atoms with Crippen molar-refractivity contribution in [2.75, 3.05) is 12.4 Å². The summed E-state index contributed by atoms with van der Waals surface area (Å²) >= 11 is 3.06. The second-order valence-electron chi connectivity index (χ2n) is 6.50. The zero-order chi connectivity index (χ0) is 19.8. The molecule has 0 spiro atoms.